The number of nitrogens with one attached hydrogen (secondary N) is 2. The molecule has 3 amide bonds. The van der Waals surface area contributed by atoms with E-state index in [0.717, 1.165) is 22.0 Å². The minimum atomic E-state index is -0.291. The maximum atomic E-state index is 13.3. The van der Waals surface area contributed by atoms with Gasteiger partial charge in [-0.1, -0.05) is 0 Å². The molecule has 3 heterocycles. The standard InChI is InChI=1S/C20H20FN5O2/c1-13(27)25-6-8-26(9-7-25)20(28)24-19-5-2-14(11-23-19)17-12-22-18-10-15(21)3-4-16(17)18/h2-5,10-12,22H,6-9H2,1H3,(H,23,24,28). The molecule has 3 aromatic rings. The Morgan fingerprint density at radius 2 is 1.86 bits per heavy atom. The molecule has 0 unspecified atom stereocenters. The average molecular weight is 381 g/mol. The van der Waals surface area contributed by atoms with Crippen LogP contribution in [0, 0.1) is 5.82 Å². The predicted molar refractivity (Wildman–Crippen MR) is 104 cm³/mol. The van der Waals surface area contributed by atoms with Crippen molar-refractivity contribution in [1.82, 2.24) is 19.8 Å². The highest BCUT2D eigenvalue weighted by Crippen LogP contribution is 2.29. The number of fused-ring (bicyclic) bond motifs is 1. The van der Waals surface area contributed by atoms with Gasteiger partial charge in [0.15, 0.2) is 0 Å². The Morgan fingerprint density at radius 3 is 2.54 bits per heavy atom. The van der Waals surface area contributed by atoms with E-state index in [-0.39, 0.29) is 17.8 Å². The number of benzene rings is 1. The lowest BCUT2D eigenvalue weighted by Gasteiger charge is -2.34. The first-order valence-electron chi connectivity index (χ1n) is 9.06. The Morgan fingerprint density at radius 1 is 1.11 bits per heavy atom. The fraction of sp³-hybridized carbons (Fsp3) is 0.250. The van der Waals surface area contributed by atoms with Gasteiger partial charge in [0.25, 0.3) is 0 Å². The van der Waals surface area contributed by atoms with Crippen LogP contribution in [0.15, 0.2) is 42.7 Å². The van der Waals surface area contributed by atoms with Gasteiger partial charge in [0, 0.05) is 67.5 Å². The van der Waals surface area contributed by atoms with Crippen LogP contribution in [0.3, 0.4) is 0 Å². The zero-order valence-electron chi connectivity index (χ0n) is 15.4. The second-order valence-electron chi connectivity index (χ2n) is 6.75. The number of anilines is 1. The summed E-state index contributed by atoms with van der Waals surface area (Å²) in [4.78, 5) is 34.5. The van der Waals surface area contributed by atoms with Gasteiger partial charge in [-0.15, -0.1) is 0 Å². The Bertz CT molecular complexity index is 1020. The maximum Gasteiger partial charge on any atom is 0.323 e. The van der Waals surface area contributed by atoms with Gasteiger partial charge in [-0.25, -0.2) is 14.2 Å². The number of nitrogens with zero attached hydrogens (tertiary/aromatic N) is 3. The van der Waals surface area contributed by atoms with E-state index in [2.05, 4.69) is 15.3 Å². The van der Waals surface area contributed by atoms with Gasteiger partial charge in [-0.3, -0.25) is 10.1 Å². The number of piperazine rings is 1. The molecule has 1 fully saturated rings. The summed E-state index contributed by atoms with van der Waals surface area (Å²) in [5, 5.41) is 3.69. The van der Waals surface area contributed by atoms with Gasteiger partial charge in [0.1, 0.15) is 11.6 Å². The van der Waals surface area contributed by atoms with Crippen LogP contribution in [0.1, 0.15) is 6.92 Å². The van der Waals surface area contributed by atoms with Crippen molar-refractivity contribution in [2.45, 2.75) is 6.92 Å². The van der Waals surface area contributed by atoms with E-state index in [1.165, 1.54) is 19.1 Å². The van der Waals surface area contributed by atoms with E-state index >= 15 is 0 Å². The minimum absolute atomic E-state index is 0.0253. The molecule has 1 aliphatic heterocycles. The maximum absolute atomic E-state index is 13.3. The summed E-state index contributed by atoms with van der Waals surface area (Å²) in [6.45, 7) is 3.60. The number of rotatable bonds is 2. The molecule has 0 aliphatic carbocycles. The van der Waals surface area contributed by atoms with Crippen LogP contribution in [0.4, 0.5) is 15.0 Å². The summed E-state index contributed by atoms with van der Waals surface area (Å²) in [5.41, 5.74) is 2.50. The molecule has 4 rings (SSSR count). The lowest BCUT2D eigenvalue weighted by atomic mass is 10.1. The molecule has 1 aliphatic rings. The van der Waals surface area contributed by atoms with Crippen molar-refractivity contribution in [2.75, 3.05) is 31.5 Å². The molecule has 0 radical (unpaired) electrons. The molecule has 1 aromatic carbocycles. The third kappa shape index (κ3) is 3.53. The first-order valence-corrected chi connectivity index (χ1v) is 9.06. The Balaban J connectivity index is 1.43. The third-order valence-electron chi connectivity index (χ3n) is 4.97. The number of H-pyrrole nitrogens is 1. The van der Waals surface area contributed by atoms with E-state index in [9.17, 15) is 14.0 Å². The number of hydrogen-bond donors (Lipinski definition) is 2. The largest absolute Gasteiger partial charge is 0.360 e. The molecule has 2 N–H and O–H groups in total. The van der Waals surface area contributed by atoms with E-state index < -0.39 is 0 Å². The van der Waals surface area contributed by atoms with Gasteiger partial charge in [0.05, 0.1) is 0 Å². The zero-order chi connectivity index (χ0) is 19.7. The van der Waals surface area contributed by atoms with Gasteiger partial charge >= 0.3 is 6.03 Å². The summed E-state index contributed by atoms with van der Waals surface area (Å²) in [6, 6.07) is 7.97. The Kier molecular flexibility index (Phi) is 4.68. The topological polar surface area (TPSA) is 81.3 Å². The van der Waals surface area contributed by atoms with Gasteiger partial charge < -0.3 is 14.8 Å². The number of carbonyl (C=O) groups is 2. The molecule has 0 atom stereocenters. The lowest BCUT2D eigenvalue weighted by Crippen LogP contribution is -2.51. The summed E-state index contributed by atoms with van der Waals surface area (Å²) in [5.74, 6) is 0.187. The van der Waals surface area contributed by atoms with E-state index in [4.69, 9.17) is 0 Å². The van der Waals surface area contributed by atoms with E-state index in [1.54, 1.807) is 28.1 Å². The Labute approximate surface area is 161 Å². The van der Waals surface area contributed by atoms with Crippen LogP contribution in [0.25, 0.3) is 22.0 Å². The monoisotopic (exact) mass is 381 g/mol. The summed E-state index contributed by atoms with van der Waals surface area (Å²) >= 11 is 0. The Hall–Kier alpha value is -3.42. The molecule has 0 bridgehead atoms. The van der Waals surface area contributed by atoms with Crippen LogP contribution in [-0.2, 0) is 4.79 Å². The smallest absolute Gasteiger partial charge is 0.323 e. The molecule has 8 heteroatoms. The molecule has 0 saturated carbocycles. The van der Waals surface area contributed by atoms with Crippen LogP contribution in [0.2, 0.25) is 0 Å². The summed E-state index contributed by atoms with van der Waals surface area (Å²) < 4.78 is 13.3. The van der Waals surface area contributed by atoms with E-state index in [0.29, 0.717) is 32.0 Å². The fourth-order valence-electron chi connectivity index (χ4n) is 3.38. The number of hydrogen-bond acceptors (Lipinski definition) is 3. The van der Waals surface area contributed by atoms with Gasteiger partial charge in [-0.05, 0) is 30.3 Å². The molecule has 144 valence electrons. The zero-order valence-corrected chi connectivity index (χ0v) is 15.4. The molecule has 28 heavy (non-hydrogen) atoms. The first-order chi connectivity index (χ1) is 13.5. The number of urea groups is 1. The molecular formula is C20H20FN5O2. The van der Waals surface area contributed by atoms with Crippen molar-refractivity contribution in [1.29, 1.82) is 0 Å². The predicted octanol–water partition coefficient (Wildman–Crippen LogP) is 3.07. The normalized spacial score (nSPS) is 14.4. The van der Waals surface area contributed by atoms with Crippen molar-refractivity contribution in [3.8, 4) is 11.1 Å². The SMILES string of the molecule is CC(=O)N1CCN(C(=O)Nc2ccc(-c3c[nH]c4cc(F)ccc34)cn2)CC1. The second kappa shape index (κ2) is 7.30. The van der Waals surface area contributed by atoms with Crippen LogP contribution >= 0.6 is 0 Å². The highest BCUT2D eigenvalue weighted by atomic mass is 19.1. The number of halogens is 1. The summed E-state index contributed by atoms with van der Waals surface area (Å²) in [6.07, 6.45) is 3.49. The van der Waals surface area contributed by atoms with Gasteiger partial charge in [-0.2, -0.15) is 0 Å². The minimum Gasteiger partial charge on any atom is -0.360 e. The highest BCUT2D eigenvalue weighted by Gasteiger charge is 2.22. The first kappa shape index (κ1) is 18.0. The highest BCUT2D eigenvalue weighted by molar-refractivity contribution is 5.95. The van der Waals surface area contributed by atoms with Gasteiger partial charge in [0.2, 0.25) is 5.91 Å². The number of aromatic nitrogens is 2. The number of carbonyl (C=O) groups excluding carboxylic acids is 2. The molecular weight excluding hydrogens is 361 g/mol. The van der Waals surface area contributed by atoms with Crippen molar-refractivity contribution >= 4 is 28.7 Å². The van der Waals surface area contributed by atoms with Crippen molar-refractivity contribution in [3.05, 3.63) is 48.5 Å². The lowest BCUT2D eigenvalue weighted by molar-refractivity contribution is -0.130. The quantitative estimate of drug-likeness (QED) is 0.716. The molecule has 1 saturated heterocycles. The second-order valence-corrected chi connectivity index (χ2v) is 6.75. The third-order valence-corrected chi connectivity index (χ3v) is 4.97. The van der Waals surface area contributed by atoms with E-state index in [1.807, 2.05) is 12.3 Å². The van der Waals surface area contributed by atoms with Crippen LogP contribution in [0.5, 0.6) is 0 Å². The van der Waals surface area contributed by atoms with Crippen LogP contribution in [-0.4, -0.2) is 57.9 Å². The number of amides is 3. The van der Waals surface area contributed by atoms with Crippen molar-refractivity contribution in [3.63, 3.8) is 0 Å². The molecule has 2 aromatic heterocycles. The summed E-state index contributed by atoms with van der Waals surface area (Å²) in [7, 11) is 0. The average Bonchev–Trinajstić information content (AvgIpc) is 3.11. The fourth-order valence-corrected chi connectivity index (χ4v) is 3.38. The molecule has 7 nitrogen and oxygen atoms in total. The van der Waals surface area contributed by atoms with Crippen molar-refractivity contribution in [2.24, 2.45) is 0 Å². The number of aromatic amines is 1. The van der Waals surface area contributed by atoms with Crippen molar-refractivity contribution < 1.29 is 14.0 Å². The van der Waals surface area contributed by atoms with Crippen LogP contribution < -0.4 is 5.32 Å². The molecule has 0 spiro atoms. The number of pyridine rings is 1.